The molecule has 0 saturated carbocycles. The van der Waals surface area contributed by atoms with Gasteiger partial charge >= 0.3 is 44.8 Å². The van der Waals surface area contributed by atoms with Crippen LogP contribution in [-0.4, -0.2) is 0 Å². The van der Waals surface area contributed by atoms with E-state index in [0.717, 1.165) is 0 Å². The predicted octanol–water partition coefficient (Wildman–Crippen LogP) is -0.243. The minimum atomic E-state index is 0. The maximum absolute atomic E-state index is 0. The first-order valence-corrected chi connectivity index (χ1v) is 0. The van der Waals surface area contributed by atoms with Crippen molar-refractivity contribution in [1.82, 2.24) is 0 Å². The zero-order chi connectivity index (χ0) is 0. The van der Waals surface area contributed by atoms with Crippen molar-refractivity contribution >= 4 is 0 Å². The summed E-state index contributed by atoms with van der Waals surface area (Å²) in [7, 11) is 0. The monoisotopic (exact) mass is 246 g/mol. The fraction of sp³-hybridized carbons (Fsp3) is 0. The Morgan fingerprint density at radius 3 is 0.750 bits per heavy atom. The van der Waals surface area contributed by atoms with Crippen LogP contribution >= 0.6 is 0 Å². The molecule has 0 heterocycles. The van der Waals surface area contributed by atoms with Crippen molar-refractivity contribution in [2.24, 2.45) is 0 Å². The van der Waals surface area contributed by atoms with Crippen LogP contribution in [-0.2, 0) is 55.7 Å². The quantitative estimate of drug-likeness (QED) is 0.531. The molecule has 0 saturated heterocycles. The van der Waals surface area contributed by atoms with Gasteiger partial charge in [0.25, 0.3) is 0 Å². The van der Waals surface area contributed by atoms with Crippen LogP contribution in [0.3, 0.4) is 0 Å². The Morgan fingerprint density at radius 2 is 0.750 bits per heavy atom. The summed E-state index contributed by atoms with van der Waals surface area (Å²) in [6.45, 7) is 0. The molecule has 0 aliphatic heterocycles. The Hall–Kier alpha value is 1.40. The van der Waals surface area contributed by atoms with Crippen molar-refractivity contribution in [1.29, 1.82) is 0 Å². The molecule has 0 spiro atoms. The molecular weight excluding hydrogens is 248 g/mol. The maximum Gasteiger partial charge on any atom is 1.00 e. The fourth-order valence-corrected chi connectivity index (χ4v) is 0. The van der Waals surface area contributed by atoms with Gasteiger partial charge in [-0.25, -0.2) is 0 Å². The summed E-state index contributed by atoms with van der Waals surface area (Å²) >= 11 is 0. The molecule has 0 fully saturated rings. The molecule has 0 N–H and O–H groups in total. The van der Waals surface area contributed by atoms with Crippen LogP contribution in [0.2, 0.25) is 0 Å². The Kier molecular flexibility index (Phi) is 346. The normalized spacial score (nSPS) is 0. The zero-order valence-corrected chi connectivity index (χ0v) is 4.38. The van der Waals surface area contributed by atoms with Crippen LogP contribution in [0.5, 0.6) is 0 Å². The molecule has 0 aliphatic rings. The number of hydrogen-bond acceptors (Lipinski definition) is 0. The number of hydrogen-bond donors (Lipinski definition) is 0. The van der Waals surface area contributed by atoms with Crippen molar-refractivity contribution in [2.75, 3.05) is 0 Å². The molecule has 2 nitrogen and oxygen atoms in total. The summed E-state index contributed by atoms with van der Waals surface area (Å²) < 4.78 is 0. The van der Waals surface area contributed by atoms with E-state index in [9.17, 15) is 0 Å². The third-order valence-electron chi connectivity index (χ3n) is 0. The summed E-state index contributed by atoms with van der Waals surface area (Å²) in [4.78, 5) is 0. The second-order valence-electron chi connectivity index (χ2n) is 0. The molecule has 0 rings (SSSR count). The van der Waals surface area contributed by atoms with E-state index in [1.54, 1.807) is 0 Å². The topological polar surface area (TPSA) is 57.0 Å². The smallest absolute Gasteiger partial charge is 1.00 e. The van der Waals surface area contributed by atoms with Crippen LogP contribution in [0.25, 0.3) is 0 Å². The van der Waals surface area contributed by atoms with Crippen molar-refractivity contribution in [2.45, 2.75) is 0 Å². The van der Waals surface area contributed by atoms with E-state index in [1.165, 1.54) is 0 Å². The molecule has 0 aromatic heterocycles. The first-order valence-electron chi connectivity index (χ1n) is 0. The minimum absolute atomic E-state index is 0. The van der Waals surface area contributed by atoms with Gasteiger partial charge in [0, 0.05) is 5.48 Å². The van der Waals surface area contributed by atoms with E-state index >= 15 is 0 Å². The Balaban J connectivity index is 0. The van der Waals surface area contributed by atoms with Crippen LogP contribution in [0.1, 0.15) is 0 Å². The molecule has 0 bridgehead atoms. The van der Waals surface area contributed by atoms with Gasteiger partial charge in [0.1, 0.15) is 0 Å². The molecule has 34 valence electrons. The fourth-order valence-electron chi connectivity index (χ4n) is 0. The van der Waals surface area contributed by atoms with E-state index in [-0.39, 0.29) is 55.7 Å². The van der Waals surface area contributed by atoms with E-state index < -0.39 is 0 Å². The zero-order valence-electron chi connectivity index (χ0n) is 1.42. The Bertz CT molecular complexity index is 4.00. The molecule has 2 radical (unpaired) electrons. The van der Waals surface area contributed by atoms with Crippen LogP contribution in [0, 0.1) is 0 Å². The van der Waals surface area contributed by atoms with Crippen molar-refractivity contribution in [3.63, 3.8) is 0 Å². The Morgan fingerprint density at radius 1 is 0.750 bits per heavy atom. The van der Waals surface area contributed by atoms with Crippen LogP contribution in [0.4, 0.5) is 0 Å². The van der Waals surface area contributed by atoms with Gasteiger partial charge in [-0.05, 0) is 0 Å². The van der Waals surface area contributed by atoms with Crippen molar-refractivity contribution < 1.29 is 55.7 Å². The molecule has 0 aromatic rings. The molecular formula is Ag2O2. The van der Waals surface area contributed by atoms with Crippen LogP contribution < -0.4 is 0 Å². The third kappa shape index (κ3) is 9.99. The van der Waals surface area contributed by atoms with E-state index in [1.807, 2.05) is 0 Å². The SMILES string of the molecule is [Ag+].[Ag+].[O-2].[O]. The Labute approximate surface area is 55.6 Å². The minimum Gasteiger partial charge on any atom is -2.00 e. The third-order valence-corrected chi connectivity index (χ3v) is 0. The first kappa shape index (κ1) is 53.3. The largest absolute Gasteiger partial charge is 2.00 e. The molecule has 0 aliphatic carbocycles. The van der Waals surface area contributed by atoms with Gasteiger partial charge in [-0.3, -0.25) is 0 Å². The van der Waals surface area contributed by atoms with Gasteiger partial charge < -0.3 is 5.48 Å². The van der Waals surface area contributed by atoms with Gasteiger partial charge in [0.05, 0.1) is 0 Å². The second-order valence-corrected chi connectivity index (χ2v) is 0. The van der Waals surface area contributed by atoms with Gasteiger partial charge in [-0.1, -0.05) is 0 Å². The van der Waals surface area contributed by atoms with Crippen LogP contribution in [0.15, 0.2) is 0 Å². The summed E-state index contributed by atoms with van der Waals surface area (Å²) in [6, 6.07) is 0. The second kappa shape index (κ2) is 25.9. The van der Waals surface area contributed by atoms with E-state index in [2.05, 4.69) is 0 Å². The molecule has 0 aromatic carbocycles. The molecule has 0 amide bonds. The summed E-state index contributed by atoms with van der Waals surface area (Å²) in [5, 5.41) is 0. The standard InChI is InChI=1S/2Ag.2O/q2*+1;;-2. The number of rotatable bonds is 0. The van der Waals surface area contributed by atoms with Crippen molar-refractivity contribution in [3.8, 4) is 0 Å². The van der Waals surface area contributed by atoms with Gasteiger partial charge in [-0.15, -0.1) is 0 Å². The maximum atomic E-state index is 0. The molecule has 0 atom stereocenters. The predicted molar refractivity (Wildman–Crippen MR) is 1.37 cm³/mol. The van der Waals surface area contributed by atoms with E-state index in [4.69, 9.17) is 0 Å². The first-order chi connectivity index (χ1) is 0. The molecule has 4 heteroatoms. The van der Waals surface area contributed by atoms with Gasteiger partial charge in [0.2, 0.25) is 0 Å². The average molecular weight is 248 g/mol. The van der Waals surface area contributed by atoms with E-state index in [0.29, 0.717) is 0 Å². The molecule has 0 unspecified atom stereocenters. The van der Waals surface area contributed by atoms with Crippen molar-refractivity contribution in [3.05, 3.63) is 0 Å². The summed E-state index contributed by atoms with van der Waals surface area (Å²) in [5.74, 6) is 0. The summed E-state index contributed by atoms with van der Waals surface area (Å²) in [5.41, 5.74) is 0. The summed E-state index contributed by atoms with van der Waals surface area (Å²) in [6.07, 6.45) is 0. The van der Waals surface area contributed by atoms with Gasteiger partial charge in [0.15, 0.2) is 0 Å². The molecule has 4 heavy (non-hydrogen) atoms. The van der Waals surface area contributed by atoms with Gasteiger partial charge in [-0.2, -0.15) is 0 Å². The average Bonchev–Trinajstić information content (AvgIpc) is 0.